The van der Waals surface area contributed by atoms with E-state index in [-0.39, 0.29) is 18.6 Å². The van der Waals surface area contributed by atoms with Gasteiger partial charge in [-0.25, -0.2) is 0 Å². The molecule has 2 N–H and O–H groups in total. The molecular formula is C17H16N2O2. The fraction of sp³-hybridized carbons (Fsp3) is 0.176. The molecule has 1 aromatic carbocycles. The zero-order chi connectivity index (χ0) is 15.1. The summed E-state index contributed by atoms with van der Waals surface area (Å²) in [5.74, 6) is 5.16. The molecule has 0 bridgehead atoms. The van der Waals surface area contributed by atoms with Gasteiger partial charge in [-0.05, 0) is 37.3 Å². The normalized spacial score (nSPS) is 11.1. The lowest BCUT2D eigenvalue weighted by atomic mass is 10.1. The summed E-state index contributed by atoms with van der Waals surface area (Å²) >= 11 is 0. The summed E-state index contributed by atoms with van der Waals surface area (Å²) < 4.78 is 0. The standard InChI is InChI=1S/C17H16N2O2/c1-13(16-9-2-3-10-18-16)19-17(21)15-8-4-6-14(12-15)7-5-11-20/h2-4,6,8-10,12-13,20H,11H2,1H3,(H,19,21). The Labute approximate surface area is 123 Å². The highest BCUT2D eigenvalue weighted by Gasteiger charge is 2.12. The molecule has 0 spiro atoms. The van der Waals surface area contributed by atoms with Gasteiger partial charge in [0.2, 0.25) is 0 Å². The van der Waals surface area contributed by atoms with Crippen molar-refractivity contribution in [1.82, 2.24) is 10.3 Å². The predicted molar refractivity (Wildman–Crippen MR) is 80.5 cm³/mol. The lowest BCUT2D eigenvalue weighted by Crippen LogP contribution is -2.27. The van der Waals surface area contributed by atoms with E-state index < -0.39 is 0 Å². The Morgan fingerprint density at radius 2 is 2.19 bits per heavy atom. The summed E-state index contributed by atoms with van der Waals surface area (Å²) in [7, 11) is 0. The van der Waals surface area contributed by atoms with E-state index in [9.17, 15) is 4.79 Å². The van der Waals surface area contributed by atoms with E-state index >= 15 is 0 Å². The molecule has 1 atom stereocenters. The predicted octanol–water partition coefficient (Wildman–Crippen LogP) is 1.92. The molecule has 2 aromatic rings. The van der Waals surface area contributed by atoms with Crippen molar-refractivity contribution in [3.63, 3.8) is 0 Å². The number of nitrogens with one attached hydrogen (secondary N) is 1. The Kier molecular flexibility index (Phi) is 5.08. The third-order valence-corrected chi connectivity index (χ3v) is 2.92. The van der Waals surface area contributed by atoms with Crippen LogP contribution in [0, 0.1) is 11.8 Å². The van der Waals surface area contributed by atoms with Gasteiger partial charge in [-0.15, -0.1) is 0 Å². The summed E-state index contributed by atoms with van der Waals surface area (Å²) in [5, 5.41) is 11.6. The molecule has 106 valence electrons. The van der Waals surface area contributed by atoms with E-state index in [0.717, 1.165) is 5.69 Å². The second-order valence-corrected chi connectivity index (χ2v) is 4.49. The van der Waals surface area contributed by atoms with Gasteiger partial charge in [0.05, 0.1) is 11.7 Å². The lowest BCUT2D eigenvalue weighted by Gasteiger charge is -2.13. The third kappa shape index (κ3) is 4.16. The summed E-state index contributed by atoms with van der Waals surface area (Å²) in [4.78, 5) is 16.4. The van der Waals surface area contributed by atoms with Crippen molar-refractivity contribution in [2.75, 3.05) is 6.61 Å². The van der Waals surface area contributed by atoms with Crippen LogP contribution < -0.4 is 5.32 Å². The monoisotopic (exact) mass is 280 g/mol. The first kappa shape index (κ1) is 14.8. The molecule has 1 heterocycles. The number of pyridine rings is 1. The van der Waals surface area contributed by atoms with Crippen LogP contribution in [-0.4, -0.2) is 22.6 Å². The average Bonchev–Trinajstić information content (AvgIpc) is 2.54. The van der Waals surface area contributed by atoms with Crippen molar-refractivity contribution < 1.29 is 9.90 Å². The van der Waals surface area contributed by atoms with E-state index in [4.69, 9.17) is 5.11 Å². The Hall–Kier alpha value is -2.64. The van der Waals surface area contributed by atoms with Crippen LogP contribution in [0.3, 0.4) is 0 Å². The highest BCUT2D eigenvalue weighted by molar-refractivity contribution is 5.94. The number of aliphatic hydroxyl groups is 1. The molecular weight excluding hydrogens is 264 g/mol. The quantitative estimate of drug-likeness (QED) is 0.844. The van der Waals surface area contributed by atoms with Gasteiger partial charge in [-0.3, -0.25) is 9.78 Å². The third-order valence-electron chi connectivity index (χ3n) is 2.92. The van der Waals surface area contributed by atoms with E-state index in [1.165, 1.54) is 0 Å². The van der Waals surface area contributed by atoms with Crippen molar-refractivity contribution in [2.24, 2.45) is 0 Å². The van der Waals surface area contributed by atoms with Crippen molar-refractivity contribution in [3.8, 4) is 11.8 Å². The van der Waals surface area contributed by atoms with Gasteiger partial charge in [0, 0.05) is 17.3 Å². The lowest BCUT2D eigenvalue weighted by molar-refractivity contribution is 0.0939. The first-order chi connectivity index (χ1) is 10.2. The van der Waals surface area contributed by atoms with Crippen LogP contribution in [0.1, 0.15) is 34.6 Å². The molecule has 0 saturated carbocycles. The fourth-order valence-electron chi connectivity index (χ4n) is 1.87. The summed E-state index contributed by atoms with van der Waals surface area (Å²) in [6, 6.07) is 12.4. The number of benzene rings is 1. The Bertz CT molecular complexity index is 672. The minimum absolute atomic E-state index is 0.175. The molecule has 1 unspecified atom stereocenters. The molecule has 0 aliphatic heterocycles. The largest absolute Gasteiger partial charge is 0.384 e. The van der Waals surface area contributed by atoms with Crippen molar-refractivity contribution in [1.29, 1.82) is 0 Å². The molecule has 0 aliphatic carbocycles. The smallest absolute Gasteiger partial charge is 0.251 e. The van der Waals surface area contributed by atoms with E-state index in [2.05, 4.69) is 22.1 Å². The maximum atomic E-state index is 12.2. The van der Waals surface area contributed by atoms with Crippen LogP contribution in [-0.2, 0) is 0 Å². The number of amides is 1. The summed E-state index contributed by atoms with van der Waals surface area (Å²) in [6.07, 6.45) is 1.70. The number of hydrogen-bond donors (Lipinski definition) is 2. The second-order valence-electron chi connectivity index (χ2n) is 4.49. The van der Waals surface area contributed by atoms with Gasteiger partial charge in [-0.2, -0.15) is 0 Å². The van der Waals surface area contributed by atoms with Crippen LogP contribution in [0.5, 0.6) is 0 Å². The number of nitrogens with zero attached hydrogens (tertiary/aromatic N) is 1. The van der Waals surface area contributed by atoms with Gasteiger partial charge in [0.1, 0.15) is 6.61 Å². The first-order valence-corrected chi connectivity index (χ1v) is 6.62. The Morgan fingerprint density at radius 3 is 2.90 bits per heavy atom. The average molecular weight is 280 g/mol. The molecule has 21 heavy (non-hydrogen) atoms. The second kappa shape index (κ2) is 7.22. The van der Waals surface area contributed by atoms with Crippen LogP contribution >= 0.6 is 0 Å². The van der Waals surface area contributed by atoms with Crippen LogP contribution in [0.4, 0.5) is 0 Å². The zero-order valence-corrected chi connectivity index (χ0v) is 11.7. The molecule has 1 amide bonds. The summed E-state index contributed by atoms with van der Waals surface area (Å²) in [6.45, 7) is 1.68. The van der Waals surface area contributed by atoms with E-state index in [1.807, 2.05) is 25.1 Å². The SMILES string of the molecule is CC(NC(=O)c1cccc(C#CCO)c1)c1ccccn1. The number of hydrogen-bond acceptors (Lipinski definition) is 3. The highest BCUT2D eigenvalue weighted by Crippen LogP contribution is 2.10. The molecule has 0 saturated heterocycles. The number of rotatable bonds is 3. The van der Waals surface area contributed by atoms with Gasteiger partial charge < -0.3 is 10.4 Å². The summed E-state index contributed by atoms with van der Waals surface area (Å²) in [5.41, 5.74) is 2.03. The first-order valence-electron chi connectivity index (χ1n) is 6.62. The molecule has 2 rings (SSSR count). The van der Waals surface area contributed by atoms with Crippen LogP contribution in [0.25, 0.3) is 0 Å². The molecule has 1 aromatic heterocycles. The van der Waals surface area contributed by atoms with Gasteiger partial charge >= 0.3 is 0 Å². The maximum absolute atomic E-state index is 12.2. The van der Waals surface area contributed by atoms with Gasteiger partial charge in [0.25, 0.3) is 5.91 Å². The van der Waals surface area contributed by atoms with Crippen LogP contribution in [0.2, 0.25) is 0 Å². The molecule has 4 nitrogen and oxygen atoms in total. The van der Waals surface area contributed by atoms with Crippen molar-refractivity contribution in [2.45, 2.75) is 13.0 Å². The number of carbonyl (C=O) groups is 1. The molecule has 0 radical (unpaired) electrons. The Morgan fingerprint density at radius 1 is 1.33 bits per heavy atom. The van der Waals surface area contributed by atoms with Crippen LogP contribution in [0.15, 0.2) is 48.7 Å². The minimum atomic E-state index is -0.201. The number of aliphatic hydroxyl groups excluding tert-OH is 1. The van der Waals surface area contributed by atoms with Crippen molar-refractivity contribution >= 4 is 5.91 Å². The molecule has 0 aliphatic rings. The van der Waals surface area contributed by atoms with E-state index in [0.29, 0.717) is 11.1 Å². The van der Waals surface area contributed by atoms with Gasteiger partial charge in [0.15, 0.2) is 0 Å². The topological polar surface area (TPSA) is 62.2 Å². The highest BCUT2D eigenvalue weighted by atomic mass is 16.2. The fourth-order valence-corrected chi connectivity index (χ4v) is 1.87. The molecule has 4 heteroatoms. The zero-order valence-electron chi connectivity index (χ0n) is 11.7. The van der Waals surface area contributed by atoms with Crippen molar-refractivity contribution in [3.05, 3.63) is 65.5 Å². The maximum Gasteiger partial charge on any atom is 0.251 e. The van der Waals surface area contributed by atoms with E-state index in [1.54, 1.807) is 30.5 Å². The number of carbonyl (C=O) groups excluding carboxylic acids is 1. The Balaban J connectivity index is 2.10. The molecule has 0 fully saturated rings. The van der Waals surface area contributed by atoms with Gasteiger partial charge in [-0.1, -0.05) is 24.0 Å². The minimum Gasteiger partial charge on any atom is -0.384 e. The number of aromatic nitrogens is 1.